The lowest BCUT2D eigenvalue weighted by molar-refractivity contribution is 0.376. The minimum Gasteiger partial charge on any atom is -0.454 e. The largest absolute Gasteiger partial charge is 0.454 e. The van der Waals surface area contributed by atoms with Gasteiger partial charge in [0.1, 0.15) is 11.2 Å². The zero-order valence-electron chi connectivity index (χ0n) is 44.3. The van der Waals surface area contributed by atoms with Crippen molar-refractivity contribution in [3.63, 3.8) is 0 Å². The van der Waals surface area contributed by atoms with Gasteiger partial charge in [-0.15, -0.1) is 0 Å². The molecular weight excluding hydrogens is 973 g/mol. The van der Waals surface area contributed by atoms with Crippen molar-refractivity contribution >= 4 is 78.0 Å². The van der Waals surface area contributed by atoms with Gasteiger partial charge in [-0.3, -0.25) is 0 Å². The monoisotopic (exact) mass is 1020 g/mol. The van der Waals surface area contributed by atoms with E-state index in [0.717, 1.165) is 100 Å². The van der Waals surface area contributed by atoms with E-state index in [1.54, 1.807) is 0 Å². The van der Waals surface area contributed by atoms with E-state index in [1.165, 1.54) is 44.5 Å². The van der Waals surface area contributed by atoms with Gasteiger partial charge in [-0.1, -0.05) is 220 Å². The number of furan rings is 2. The first-order chi connectivity index (χ1) is 39.4. The second-order valence-electron chi connectivity index (χ2n) is 21.8. The van der Waals surface area contributed by atoms with Crippen LogP contribution in [0.25, 0.3) is 88.4 Å². The number of nitrogens with zero attached hydrogens (tertiary/aromatic N) is 2. The molecule has 378 valence electrons. The molecule has 2 aliphatic rings. The van der Waals surface area contributed by atoms with Gasteiger partial charge in [0.15, 0.2) is 11.2 Å². The van der Waals surface area contributed by atoms with Crippen molar-refractivity contribution in [1.82, 2.24) is 0 Å². The van der Waals surface area contributed by atoms with Gasteiger partial charge in [0, 0.05) is 55.1 Å². The summed E-state index contributed by atoms with van der Waals surface area (Å²) in [5.41, 5.74) is 23.1. The van der Waals surface area contributed by atoms with E-state index in [0.29, 0.717) is 0 Å². The van der Waals surface area contributed by atoms with Gasteiger partial charge in [-0.2, -0.15) is 0 Å². The Kier molecular flexibility index (Phi) is 10.2. The number of para-hydroxylation sites is 4. The van der Waals surface area contributed by atoms with Crippen LogP contribution < -0.4 is 9.80 Å². The summed E-state index contributed by atoms with van der Waals surface area (Å²) in [6.45, 7) is 5.02. The molecule has 0 aliphatic heterocycles. The number of anilines is 6. The van der Waals surface area contributed by atoms with Crippen LogP contribution >= 0.6 is 0 Å². The Morgan fingerprint density at radius 3 is 1.07 bits per heavy atom. The first-order valence-corrected chi connectivity index (χ1v) is 27.6. The van der Waals surface area contributed by atoms with Gasteiger partial charge in [0.25, 0.3) is 0 Å². The minimum atomic E-state index is -0.589. The summed E-state index contributed by atoms with van der Waals surface area (Å²) in [7, 11) is 0. The summed E-state index contributed by atoms with van der Waals surface area (Å²) in [6.07, 6.45) is 0. The van der Waals surface area contributed by atoms with Gasteiger partial charge in [0.05, 0.1) is 11.4 Å². The molecule has 2 heterocycles. The molecule has 2 unspecified atom stereocenters. The number of hydrogen-bond acceptors (Lipinski definition) is 4. The predicted octanol–water partition coefficient (Wildman–Crippen LogP) is 21.0. The highest BCUT2D eigenvalue weighted by atomic mass is 16.3. The fraction of sp³-hybridized carbons (Fsp3) is 0.0526. The molecule has 2 atom stereocenters. The molecule has 4 heteroatoms. The quantitative estimate of drug-likeness (QED) is 0.144. The number of hydrogen-bond donors (Lipinski definition) is 0. The van der Waals surface area contributed by atoms with Crippen LogP contribution in [0.1, 0.15) is 36.1 Å². The highest BCUT2D eigenvalue weighted by Gasteiger charge is 2.57. The van der Waals surface area contributed by atoms with Crippen LogP contribution in [0.4, 0.5) is 34.1 Å². The van der Waals surface area contributed by atoms with Crippen molar-refractivity contribution in [2.24, 2.45) is 0 Å². The average molecular weight is 1030 g/mol. The van der Waals surface area contributed by atoms with Crippen LogP contribution in [0, 0.1) is 0 Å². The second-order valence-corrected chi connectivity index (χ2v) is 21.8. The van der Waals surface area contributed by atoms with Crippen molar-refractivity contribution in [1.29, 1.82) is 0 Å². The third kappa shape index (κ3) is 6.69. The Bertz CT molecular complexity index is 4480. The molecule has 16 rings (SSSR count). The smallest absolute Gasteiger partial charge is 0.159 e. The SMILES string of the molecule is CC1(C2(C)c3ccccc3-c3ccc(N(c4cccc(-c5ccccc5)c4)c4cccc5c4oc4ccccc45)cc32)c2ccccc2-c2ccc(N(c3cccc(-c4ccccc4)c3)c3cccc4c3oc3ccccc34)cc21. The molecule has 0 radical (unpaired) electrons. The van der Waals surface area contributed by atoms with Crippen LogP contribution in [0.3, 0.4) is 0 Å². The Morgan fingerprint density at radius 1 is 0.263 bits per heavy atom. The minimum absolute atomic E-state index is 0.589. The van der Waals surface area contributed by atoms with Crippen molar-refractivity contribution in [3.8, 4) is 44.5 Å². The Labute approximate surface area is 464 Å². The molecule has 0 spiro atoms. The fourth-order valence-corrected chi connectivity index (χ4v) is 13.9. The molecule has 14 aromatic rings. The molecule has 2 aromatic heterocycles. The normalized spacial score (nSPS) is 16.0. The first-order valence-electron chi connectivity index (χ1n) is 27.6. The molecule has 12 aromatic carbocycles. The number of rotatable bonds is 9. The summed E-state index contributed by atoms with van der Waals surface area (Å²) < 4.78 is 13.8. The Hall–Kier alpha value is -10.2. The van der Waals surface area contributed by atoms with Crippen LogP contribution in [0.15, 0.2) is 288 Å². The van der Waals surface area contributed by atoms with E-state index >= 15 is 0 Å². The predicted molar refractivity (Wildman–Crippen MR) is 331 cm³/mol. The average Bonchev–Trinajstić information content (AvgIpc) is 4.35. The van der Waals surface area contributed by atoms with Crippen LogP contribution in [0.2, 0.25) is 0 Å². The van der Waals surface area contributed by atoms with Gasteiger partial charge in [0.2, 0.25) is 0 Å². The molecule has 0 saturated heterocycles. The Balaban J connectivity index is 0.929. The topological polar surface area (TPSA) is 32.8 Å². The summed E-state index contributed by atoms with van der Waals surface area (Å²) in [5, 5.41) is 4.37. The van der Waals surface area contributed by atoms with Crippen LogP contribution in [-0.2, 0) is 10.8 Å². The van der Waals surface area contributed by atoms with Crippen molar-refractivity contribution in [2.45, 2.75) is 24.7 Å². The maximum absolute atomic E-state index is 6.89. The maximum atomic E-state index is 6.89. The van der Waals surface area contributed by atoms with E-state index in [9.17, 15) is 0 Å². The van der Waals surface area contributed by atoms with Crippen molar-refractivity contribution in [3.05, 3.63) is 301 Å². The van der Waals surface area contributed by atoms with Crippen molar-refractivity contribution in [2.75, 3.05) is 9.80 Å². The molecule has 0 fully saturated rings. The van der Waals surface area contributed by atoms with E-state index in [-0.39, 0.29) is 0 Å². The van der Waals surface area contributed by atoms with E-state index < -0.39 is 10.8 Å². The summed E-state index contributed by atoms with van der Waals surface area (Å²) in [6, 6.07) is 102. The highest BCUT2D eigenvalue weighted by molar-refractivity contribution is 6.12. The van der Waals surface area contributed by atoms with Gasteiger partial charge in [-0.05, 0) is 140 Å². The highest BCUT2D eigenvalue weighted by Crippen LogP contribution is 2.66. The fourth-order valence-electron chi connectivity index (χ4n) is 13.9. The molecule has 4 nitrogen and oxygen atoms in total. The first kappa shape index (κ1) is 46.0. The number of benzene rings is 12. The molecular formula is C76H52N2O2. The van der Waals surface area contributed by atoms with Gasteiger partial charge in [-0.25, -0.2) is 0 Å². The van der Waals surface area contributed by atoms with E-state index in [2.05, 4.69) is 303 Å². The summed E-state index contributed by atoms with van der Waals surface area (Å²) in [5.74, 6) is 0. The third-order valence-electron chi connectivity index (χ3n) is 17.8. The molecule has 0 saturated carbocycles. The molecule has 80 heavy (non-hydrogen) atoms. The standard InChI is InChI=1S/C76H52N2O2/c1-75(65-35-13-9-29-57(65)59-43-41-55(47-67(59)75)77(53-27-17-25-51(45-53)49-21-5-3-6-22-49)69-37-19-33-63-61-31-11-15-39-71(61)79-73(63)69)76(2)66-36-14-10-30-58(66)60-44-42-56(48-68(60)76)78(54-28-18-26-52(46-54)50-23-7-4-8-24-50)70-38-20-34-64-62-32-12-16-40-72(62)80-74(64)70/h3-48H,1-2H3. The molecule has 0 N–H and O–H groups in total. The lowest BCUT2D eigenvalue weighted by Crippen LogP contribution is -2.44. The third-order valence-corrected chi connectivity index (χ3v) is 17.8. The van der Waals surface area contributed by atoms with E-state index in [1.807, 2.05) is 0 Å². The lowest BCUT2D eigenvalue weighted by Gasteiger charge is -2.45. The zero-order valence-corrected chi connectivity index (χ0v) is 44.3. The van der Waals surface area contributed by atoms with E-state index in [4.69, 9.17) is 8.83 Å². The van der Waals surface area contributed by atoms with Crippen LogP contribution in [0.5, 0.6) is 0 Å². The summed E-state index contributed by atoms with van der Waals surface area (Å²) in [4.78, 5) is 4.83. The zero-order chi connectivity index (χ0) is 53.1. The van der Waals surface area contributed by atoms with Gasteiger partial charge < -0.3 is 18.6 Å². The second kappa shape index (κ2) is 17.7. The molecule has 0 amide bonds. The maximum Gasteiger partial charge on any atom is 0.159 e. The number of fused-ring (bicyclic) bond motifs is 12. The molecule has 0 bridgehead atoms. The van der Waals surface area contributed by atoms with Crippen molar-refractivity contribution < 1.29 is 8.83 Å². The molecule has 2 aliphatic carbocycles. The summed E-state index contributed by atoms with van der Waals surface area (Å²) >= 11 is 0. The lowest BCUT2D eigenvalue weighted by atomic mass is 9.56. The Morgan fingerprint density at radius 2 is 0.613 bits per heavy atom. The van der Waals surface area contributed by atoms with Crippen LogP contribution in [-0.4, -0.2) is 0 Å². The van der Waals surface area contributed by atoms with Gasteiger partial charge >= 0.3 is 0 Å².